The first-order valence-corrected chi connectivity index (χ1v) is 10.4. The lowest BCUT2D eigenvalue weighted by atomic mass is 9.61. The summed E-state index contributed by atoms with van der Waals surface area (Å²) in [7, 11) is 0. The van der Waals surface area contributed by atoms with Gasteiger partial charge in [-0.05, 0) is 107 Å². The van der Waals surface area contributed by atoms with Crippen LogP contribution in [0.1, 0.15) is 77.6 Å². The van der Waals surface area contributed by atoms with Gasteiger partial charge in [0, 0.05) is 11.5 Å². The van der Waals surface area contributed by atoms with Crippen LogP contribution in [0.3, 0.4) is 0 Å². The van der Waals surface area contributed by atoms with Crippen LogP contribution in [0.25, 0.3) is 0 Å². The molecule has 0 aliphatic heterocycles. The van der Waals surface area contributed by atoms with Crippen molar-refractivity contribution in [3.05, 3.63) is 0 Å². The van der Waals surface area contributed by atoms with Crippen molar-refractivity contribution in [2.75, 3.05) is 0 Å². The molecule has 0 spiro atoms. The Bertz CT molecular complexity index is 486. The molecular weight excluding hydrogens is 282 g/mol. The van der Waals surface area contributed by atoms with Gasteiger partial charge in [0.15, 0.2) is 0 Å². The first kappa shape index (κ1) is 14.8. The van der Waals surface area contributed by atoms with Crippen molar-refractivity contribution in [3.8, 4) is 0 Å². The lowest BCUT2D eigenvalue weighted by Gasteiger charge is -2.45. The predicted octanol–water partition coefficient (Wildman–Crippen LogP) is 4.53. The van der Waals surface area contributed by atoms with Crippen LogP contribution in [0.5, 0.6) is 0 Å². The fourth-order valence-electron chi connectivity index (χ4n) is 7.82. The Morgan fingerprint density at radius 2 is 1.61 bits per heavy atom. The van der Waals surface area contributed by atoms with Crippen molar-refractivity contribution in [1.29, 1.82) is 0 Å². The van der Waals surface area contributed by atoms with E-state index in [0.29, 0.717) is 11.9 Å². The number of carbonyl (C=O) groups is 1. The number of fused-ring (bicyclic) bond motifs is 3. The molecule has 0 radical (unpaired) electrons. The number of carbonyl (C=O) groups excluding carboxylic acids is 1. The number of nitrogens with one attached hydrogen (secondary N) is 1. The highest BCUT2D eigenvalue weighted by atomic mass is 16.2. The molecule has 6 aliphatic rings. The normalized spacial score (nSPS) is 51.7. The second-order valence-electron chi connectivity index (χ2n) is 10.1. The van der Waals surface area contributed by atoms with E-state index in [4.69, 9.17) is 0 Å². The maximum absolute atomic E-state index is 13.3. The van der Waals surface area contributed by atoms with E-state index in [0.717, 1.165) is 35.5 Å². The second-order valence-corrected chi connectivity index (χ2v) is 10.1. The van der Waals surface area contributed by atoms with Gasteiger partial charge in [-0.1, -0.05) is 6.42 Å². The van der Waals surface area contributed by atoms with Crippen LogP contribution < -0.4 is 5.32 Å². The molecule has 2 heteroatoms. The molecule has 0 saturated heterocycles. The van der Waals surface area contributed by atoms with Gasteiger partial charge >= 0.3 is 0 Å². The fourth-order valence-corrected chi connectivity index (χ4v) is 7.82. The van der Waals surface area contributed by atoms with Crippen molar-refractivity contribution in [2.45, 2.75) is 83.6 Å². The Labute approximate surface area is 141 Å². The van der Waals surface area contributed by atoms with E-state index in [9.17, 15) is 4.79 Å². The highest BCUT2D eigenvalue weighted by Crippen LogP contribution is 2.57. The highest BCUT2D eigenvalue weighted by molar-refractivity contribution is 5.83. The quantitative estimate of drug-likeness (QED) is 0.814. The molecular formula is C21H33NO. The Hall–Kier alpha value is -0.530. The molecule has 0 aromatic rings. The molecule has 23 heavy (non-hydrogen) atoms. The summed E-state index contributed by atoms with van der Waals surface area (Å²) < 4.78 is 0. The van der Waals surface area contributed by atoms with Gasteiger partial charge in [0.2, 0.25) is 5.91 Å². The van der Waals surface area contributed by atoms with Gasteiger partial charge in [0.05, 0.1) is 0 Å². The van der Waals surface area contributed by atoms with Crippen LogP contribution >= 0.6 is 0 Å². The Balaban J connectivity index is 1.30. The summed E-state index contributed by atoms with van der Waals surface area (Å²) in [6.07, 6.45) is 14.9. The van der Waals surface area contributed by atoms with Crippen LogP contribution in [-0.4, -0.2) is 11.9 Å². The number of hydrogen-bond acceptors (Lipinski definition) is 1. The van der Waals surface area contributed by atoms with Crippen molar-refractivity contribution >= 4 is 5.91 Å². The minimum Gasteiger partial charge on any atom is -0.353 e. The minimum atomic E-state index is 0.0186. The monoisotopic (exact) mass is 315 g/mol. The van der Waals surface area contributed by atoms with E-state index in [1.807, 2.05) is 0 Å². The molecule has 6 saturated carbocycles. The van der Waals surface area contributed by atoms with Crippen molar-refractivity contribution < 1.29 is 4.79 Å². The Kier molecular flexibility index (Phi) is 3.36. The number of rotatable bonds is 3. The van der Waals surface area contributed by atoms with E-state index in [-0.39, 0.29) is 5.41 Å². The molecule has 6 fully saturated rings. The molecule has 6 bridgehead atoms. The van der Waals surface area contributed by atoms with Gasteiger partial charge in [-0.25, -0.2) is 0 Å². The van der Waals surface area contributed by atoms with E-state index in [1.165, 1.54) is 70.6 Å². The van der Waals surface area contributed by atoms with Crippen LogP contribution in [-0.2, 0) is 4.79 Å². The third kappa shape index (κ3) is 2.38. The molecule has 6 rings (SSSR count). The van der Waals surface area contributed by atoms with E-state index in [2.05, 4.69) is 12.2 Å². The highest BCUT2D eigenvalue weighted by Gasteiger charge is 2.52. The van der Waals surface area contributed by atoms with E-state index >= 15 is 0 Å². The maximum Gasteiger partial charge on any atom is 0.226 e. The minimum absolute atomic E-state index is 0.0186. The molecule has 0 aromatic heterocycles. The summed E-state index contributed by atoms with van der Waals surface area (Å²) in [6.45, 7) is 2.30. The van der Waals surface area contributed by atoms with Crippen molar-refractivity contribution in [3.63, 3.8) is 0 Å². The summed E-state index contributed by atoms with van der Waals surface area (Å²) in [5.74, 6) is 5.77. The zero-order chi connectivity index (χ0) is 15.6. The van der Waals surface area contributed by atoms with Crippen LogP contribution in [0, 0.1) is 40.9 Å². The molecule has 6 unspecified atom stereocenters. The lowest BCUT2D eigenvalue weighted by molar-refractivity contribution is -0.136. The first-order chi connectivity index (χ1) is 11.1. The predicted molar refractivity (Wildman–Crippen MR) is 91.8 cm³/mol. The van der Waals surface area contributed by atoms with Gasteiger partial charge in [-0.3, -0.25) is 4.79 Å². The summed E-state index contributed by atoms with van der Waals surface area (Å²) in [4.78, 5) is 13.3. The van der Waals surface area contributed by atoms with Gasteiger partial charge in [-0.15, -0.1) is 0 Å². The van der Waals surface area contributed by atoms with E-state index in [1.54, 1.807) is 0 Å². The average Bonchev–Trinajstić information content (AvgIpc) is 3.09. The maximum atomic E-state index is 13.3. The molecule has 0 aromatic carbocycles. The van der Waals surface area contributed by atoms with Gasteiger partial charge in [-0.2, -0.15) is 0 Å². The largest absolute Gasteiger partial charge is 0.353 e. The molecule has 0 heterocycles. The lowest BCUT2D eigenvalue weighted by Crippen LogP contribution is -2.50. The molecule has 128 valence electrons. The Morgan fingerprint density at radius 3 is 2.26 bits per heavy atom. The van der Waals surface area contributed by atoms with Crippen LogP contribution in [0.4, 0.5) is 0 Å². The van der Waals surface area contributed by atoms with Gasteiger partial charge in [0.1, 0.15) is 0 Å². The zero-order valence-electron chi connectivity index (χ0n) is 14.7. The molecule has 2 nitrogen and oxygen atoms in total. The fraction of sp³-hybridized carbons (Fsp3) is 0.952. The molecule has 6 atom stereocenters. The van der Waals surface area contributed by atoms with Crippen LogP contribution in [0.2, 0.25) is 0 Å². The van der Waals surface area contributed by atoms with Crippen molar-refractivity contribution in [1.82, 2.24) is 5.32 Å². The summed E-state index contributed by atoms with van der Waals surface area (Å²) >= 11 is 0. The standard InChI is InChI=1S/C21H33NO/c1-13(19-10-14-2-3-18(19)9-14)22-20(23)21-5-4-15-6-16(11-21)8-17(7-15)12-21/h13-19H,2-12H2,1H3,(H,22,23). The smallest absolute Gasteiger partial charge is 0.226 e. The Morgan fingerprint density at radius 1 is 0.913 bits per heavy atom. The van der Waals surface area contributed by atoms with E-state index < -0.39 is 0 Å². The zero-order valence-corrected chi connectivity index (χ0v) is 14.7. The summed E-state index contributed by atoms with van der Waals surface area (Å²) in [6, 6.07) is 0.408. The number of hydrogen-bond donors (Lipinski definition) is 1. The second kappa shape index (κ2) is 5.23. The van der Waals surface area contributed by atoms with Gasteiger partial charge < -0.3 is 5.32 Å². The topological polar surface area (TPSA) is 29.1 Å². The SMILES string of the molecule is CC(NC(=O)C12CCC3CC(CC(C3)C1)C2)C1CC2CCC1C2. The van der Waals surface area contributed by atoms with Crippen LogP contribution in [0.15, 0.2) is 0 Å². The first-order valence-electron chi connectivity index (χ1n) is 10.4. The third-order valence-corrected chi connectivity index (χ3v) is 8.67. The summed E-state index contributed by atoms with van der Waals surface area (Å²) in [5, 5.41) is 3.55. The average molecular weight is 316 g/mol. The molecule has 1 amide bonds. The molecule has 6 aliphatic carbocycles. The number of amides is 1. The van der Waals surface area contributed by atoms with Gasteiger partial charge in [0.25, 0.3) is 0 Å². The third-order valence-electron chi connectivity index (χ3n) is 8.67. The van der Waals surface area contributed by atoms with Crippen molar-refractivity contribution in [2.24, 2.45) is 40.9 Å². The molecule has 1 N–H and O–H groups in total. The summed E-state index contributed by atoms with van der Waals surface area (Å²) in [5.41, 5.74) is 0.0186.